The van der Waals surface area contributed by atoms with Crippen LogP contribution in [0.5, 0.6) is 0 Å². The fourth-order valence-corrected chi connectivity index (χ4v) is 5.02. The van der Waals surface area contributed by atoms with E-state index < -0.39 is 0 Å². The highest BCUT2D eigenvalue weighted by molar-refractivity contribution is 7.99. The molecule has 29 heavy (non-hydrogen) atoms. The van der Waals surface area contributed by atoms with Gasteiger partial charge in [0, 0.05) is 16.5 Å². The Morgan fingerprint density at radius 3 is 2.69 bits per heavy atom. The van der Waals surface area contributed by atoms with Crippen molar-refractivity contribution in [2.45, 2.75) is 45.7 Å². The van der Waals surface area contributed by atoms with Crippen molar-refractivity contribution < 1.29 is 4.79 Å². The molecule has 150 valence electrons. The first-order valence-corrected chi connectivity index (χ1v) is 11.3. The third-order valence-corrected chi connectivity index (χ3v) is 6.97. The minimum absolute atomic E-state index is 0.0660. The number of amides is 1. The number of anilines is 1. The van der Waals surface area contributed by atoms with Crippen LogP contribution in [0, 0.1) is 20.8 Å². The molecule has 3 heterocycles. The second kappa shape index (κ2) is 7.76. The first-order chi connectivity index (χ1) is 13.9. The van der Waals surface area contributed by atoms with E-state index in [4.69, 9.17) is 4.98 Å². The maximum atomic E-state index is 12.5. The average Bonchev–Trinajstić information content (AvgIpc) is 3.22. The molecule has 0 aliphatic rings. The number of benzene rings is 1. The fraction of sp³-hybridized carbons (Fsp3) is 0.333. The molecule has 3 aromatic heterocycles. The highest BCUT2D eigenvalue weighted by Gasteiger charge is 2.21. The molecule has 0 spiro atoms. The number of carbonyl (C=O) groups excluding carboxylic acids is 1. The van der Waals surface area contributed by atoms with Gasteiger partial charge >= 0.3 is 0 Å². The van der Waals surface area contributed by atoms with Crippen molar-refractivity contribution in [3.63, 3.8) is 0 Å². The van der Waals surface area contributed by atoms with E-state index in [0.717, 1.165) is 32.9 Å². The molecule has 0 bridgehead atoms. The SMILES string of the molecule is Cc1ccccc1NC(=O)CSc1nnc2c3c(C)c(C)sc3nc(C(C)C)n12. The number of nitrogens with one attached hydrogen (secondary N) is 1. The minimum Gasteiger partial charge on any atom is -0.325 e. The normalized spacial score (nSPS) is 11.7. The minimum atomic E-state index is -0.0660. The quantitative estimate of drug-likeness (QED) is 0.449. The van der Waals surface area contributed by atoms with E-state index in [2.05, 4.69) is 43.2 Å². The molecule has 0 fully saturated rings. The summed E-state index contributed by atoms with van der Waals surface area (Å²) in [5.74, 6) is 1.32. The molecule has 0 aliphatic heterocycles. The number of thioether (sulfide) groups is 1. The smallest absolute Gasteiger partial charge is 0.234 e. The van der Waals surface area contributed by atoms with Crippen molar-refractivity contribution in [3.8, 4) is 0 Å². The van der Waals surface area contributed by atoms with Gasteiger partial charge in [-0.15, -0.1) is 21.5 Å². The van der Waals surface area contributed by atoms with Gasteiger partial charge in [-0.3, -0.25) is 9.20 Å². The van der Waals surface area contributed by atoms with Crippen LogP contribution >= 0.6 is 23.1 Å². The number of para-hydroxylation sites is 1. The number of rotatable bonds is 5. The number of aromatic nitrogens is 4. The van der Waals surface area contributed by atoms with E-state index in [1.165, 1.54) is 22.2 Å². The lowest BCUT2D eigenvalue weighted by Crippen LogP contribution is -2.15. The van der Waals surface area contributed by atoms with E-state index in [9.17, 15) is 4.79 Å². The third kappa shape index (κ3) is 3.62. The average molecular weight is 426 g/mol. The fourth-order valence-electron chi connectivity index (χ4n) is 3.25. The Balaban J connectivity index is 1.67. The molecule has 1 N–H and O–H groups in total. The van der Waals surface area contributed by atoms with Crippen LogP contribution in [0.15, 0.2) is 29.4 Å². The van der Waals surface area contributed by atoms with Crippen molar-refractivity contribution in [2.75, 3.05) is 11.1 Å². The highest BCUT2D eigenvalue weighted by Crippen LogP contribution is 2.34. The topological polar surface area (TPSA) is 72.2 Å². The van der Waals surface area contributed by atoms with Gasteiger partial charge in [0.05, 0.1) is 11.1 Å². The summed E-state index contributed by atoms with van der Waals surface area (Å²) in [5.41, 5.74) is 3.89. The van der Waals surface area contributed by atoms with E-state index in [1.807, 2.05) is 35.6 Å². The van der Waals surface area contributed by atoms with Crippen molar-refractivity contribution in [3.05, 3.63) is 46.1 Å². The number of aryl methyl sites for hydroxylation is 3. The van der Waals surface area contributed by atoms with Gasteiger partial charge in [-0.25, -0.2) is 4.98 Å². The van der Waals surface area contributed by atoms with Crippen LogP contribution in [-0.2, 0) is 4.79 Å². The summed E-state index contributed by atoms with van der Waals surface area (Å²) in [6, 6.07) is 7.76. The van der Waals surface area contributed by atoms with Crippen LogP contribution in [0.2, 0.25) is 0 Å². The highest BCUT2D eigenvalue weighted by atomic mass is 32.2. The predicted molar refractivity (Wildman–Crippen MR) is 120 cm³/mol. The summed E-state index contributed by atoms with van der Waals surface area (Å²) in [5, 5.41) is 13.6. The molecule has 8 heteroatoms. The van der Waals surface area contributed by atoms with Gasteiger partial charge in [-0.2, -0.15) is 0 Å². The molecule has 4 rings (SSSR count). The van der Waals surface area contributed by atoms with Crippen molar-refractivity contribution in [2.24, 2.45) is 0 Å². The standard InChI is InChI=1S/C21H23N5OS2/c1-11(2)18-23-20-17(13(4)14(5)29-20)19-24-25-21(26(18)19)28-10-16(27)22-15-9-7-6-8-12(15)3/h6-9,11H,10H2,1-5H3,(H,22,27). The second-order valence-electron chi connectivity index (χ2n) is 7.38. The first kappa shape index (κ1) is 19.8. The van der Waals surface area contributed by atoms with Gasteiger partial charge in [0.25, 0.3) is 0 Å². The zero-order valence-corrected chi connectivity index (χ0v) is 18.7. The van der Waals surface area contributed by atoms with Gasteiger partial charge < -0.3 is 5.32 Å². The van der Waals surface area contributed by atoms with Crippen LogP contribution in [0.1, 0.15) is 41.6 Å². The maximum absolute atomic E-state index is 12.5. The molecule has 0 unspecified atom stereocenters. The van der Waals surface area contributed by atoms with Crippen LogP contribution < -0.4 is 5.32 Å². The van der Waals surface area contributed by atoms with Gasteiger partial charge in [-0.1, -0.05) is 43.8 Å². The number of nitrogens with zero attached hydrogens (tertiary/aromatic N) is 4. The van der Waals surface area contributed by atoms with Gasteiger partial charge in [0.2, 0.25) is 5.91 Å². The summed E-state index contributed by atoms with van der Waals surface area (Å²) in [7, 11) is 0. The Bertz CT molecular complexity index is 1220. The molecule has 0 atom stereocenters. The summed E-state index contributed by atoms with van der Waals surface area (Å²) in [6.07, 6.45) is 0. The molecule has 0 aliphatic carbocycles. The van der Waals surface area contributed by atoms with Crippen LogP contribution in [0.3, 0.4) is 0 Å². The third-order valence-electron chi connectivity index (χ3n) is 4.94. The Hall–Kier alpha value is -2.45. The van der Waals surface area contributed by atoms with Crippen LogP contribution in [0.4, 0.5) is 5.69 Å². The van der Waals surface area contributed by atoms with Crippen LogP contribution in [-0.4, -0.2) is 31.2 Å². The Morgan fingerprint density at radius 2 is 1.97 bits per heavy atom. The Labute approximate surface area is 177 Å². The second-order valence-corrected chi connectivity index (χ2v) is 9.53. The van der Waals surface area contributed by atoms with E-state index >= 15 is 0 Å². The lowest BCUT2D eigenvalue weighted by molar-refractivity contribution is -0.113. The number of hydrogen-bond acceptors (Lipinski definition) is 6. The number of fused-ring (bicyclic) bond motifs is 3. The summed E-state index contributed by atoms with van der Waals surface area (Å²) >= 11 is 3.08. The molecule has 4 aromatic rings. The molecule has 1 aromatic carbocycles. The van der Waals surface area contributed by atoms with Gasteiger partial charge in [0.15, 0.2) is 10.8 Å². The van der Waals surface area contributed by atoms with Crippen molar-refractivity contribution in [1.82, 2.24) is 19.6 Å². The Morgan fingerprint density at radius 1 is 1.21 bits per heavy atom. The van der Waals surface area contributed by atoms with Crippen molar-refractivity contribution >= 4 is 50.6 Å². The molecule has 1 amide bonds. The molecular weight excluding hydrogens is 402 g/mol. The monoisotopic (exact) mass is 425 g/mol. The van der Waals surface area contributed by atoms with Gasteiger partial charge in [0.1, 0.15) is 10.7 Å². The molecule has 6 nitrogen and oxygen atoms in total. The summed E-state index contributed by atoms with van der Waals surface area (Å²) in [4.78, 5) is 19.6. The van der Waals surface area contributed by atoms with Crippen LogP contribution in [0.25, 0.3) is 15.9 Å². The summed E-state index contributed by atoms with van der Waals surface area (Å²) < 4.78 is 2.01. The summed E-state index contributed by atoms with van der Waals surface area (Å²) in [6.45, 7) is 10.4. The molecule has 0 saturated heterocycles. The zero-order valence-electron chi connectivity index (χ0n) is 17.1. The zero-order chi connectivity index (χ0) is 20.7. The number of hydrogen-bond donors (Lipinski definition) is 1. The lowest BCUT2D eigenvalue weighted by Gasteiger charge is -2.11. The Kier molecular flexibility index (Phi) is 5.31. The number of thiophene rings is 1. The van der Waals surface area contributed by atoms with E-state index in [0.29, 0.717) is 5.16 Å². The van der Waals surface area contributed by atoms with Gasteiger partial charge in [-0.05, 0) is 38.0 Å². The van der Waals surface area contributed by atoms with E-state index in [1.54, 1.807) is 11.3 Å². The largest absolute Gasteiger partial charge is 0.325 e. The first-order valence-electron chi connectivity index (χ1n) is 9.49. The number of carbonyl (C=O) groups is 1. The predicted octanol–water partition coefficient (Wildman–Crippen LogP) is 5.12. The molecule has 0 saturated carbocycles. The lowest BCUT2D eigenvalue weighted by atomic mass is 10.2. The molecular formula is C21H23N5OS2. The van der Waals surface area contributed by atoms with Crippen molar-refractivity contribution in [1.29, 1.82) is 0 Å². The van der Waals surface area contributed by atoms with E-state index in [-0.39, 0.29) is 17.6 Å². The maximum Gasteiger partial charge on any atom is 0.234 e. The molecule has 0 radical (unpaired) electrons.